The van der Waals surface area contributed by atoms with Crippen molar-refractivity contribution in [2.75, 3.05) is 11.9 Å². The smallest absolute Gasteiger partial charge is 0.229 e. The zero-order valence-electron chi connectivity index (χ0n) is 18.1. The van der Waals surface area contributed by atoms with E-state index < -0.39 is 9.84 Å². The monoisotopic (exact) mass is 477 g/mol. The molecule has 33 heavy (non-hydrogen) atoms. The largest absolute Gasteiger partial charge is 0.369 e. The van der Waals surface area contributed by atoms with Crippen LogP contribution in [0.4, 0.5) is 5.82 Å². The summed E-state index contributed by atoms with van der Waals surface area (Å²) in [5.41, 5.74) is 3.37. The van der Waals surface area contributed by atoms with Crippen LogP contribution in [0.5, 0.6) is 0 Å². The SMILES string of the molecule is CCc1ccc(S(=O)(=O)c2nnn3c2nc(NCCCc2ccccc2)c2sccc23)cc1. The molecule has 0 bridgehead atoms. The molecule has 0 amide bonds. The van der Waals surface area contributed by atoms with E-state index in [0.29, 0.717) is 12.4 Å². The molecule has 0 atom stereocenters. The maximum absolute atomic E-state index is 13.3. The van der Waals surface area contributed by atoms with Gasteiger partial charge < -0.3 is 5.32 Å². The Kier molecular flexibility index (Phi) is 5.82. The van der Waals surface area contributed by atoms with Crippen LogP contribution in [0.2, 0.25) is 0 Å². The first-order valence-electron chi connectivity index (χ1n) is 10.8. The third-order valence-corrected chi connectivity index (χ3v) is 8.17. The Hall–Kier alpha value is -3.30. The van der Waals surface area contributed by atoms with Gasteiger partial charge in [-0.15, -0.1) is 16.4 Å². The van der Waals surface area contributed by atoms with E-state index >= 15 is 0 Å². The van der Waals surface area contributed by atoms with Crippen molar-refractivity contribution in [3.63, 3.8) is 0 Å². The van der Waals surface area contributed by atoms with E-state index in [-0.39, 0.29) is 15.6 Å². The molecule has 0 fully saturated rings. The van der Waals surface area contributed by atoms with Gasteiger partial charge in [-0.05, 0) is 54.0 Å². The van der Waals surface area contributed by atoms with Gasteiger partial charge in [0.05, 0.1) is 15.1 Å². The minimum Gasteiger partial charge on any atom is -0.369 e. The van der Waals surface area contributed by atoms with Crippen molar-refractivity contribution >= 4 is 42.9 Å². The number of anilines is 1. The Bertz CT molecular complexity index is 1510. The third-order valence-electron chi connectivity index (χ3n) is 5.60. The second-order valence-electron chi connectivity index (χ2n) is 7.74. The molecule has 5 aromatic rings. The Morgan fingerprint density at radius 1 is 1.00 bits per heavy atom. The number of rotatable bonds is 8. The molecular weight excluding hydrogens is 454 g/mol. The normalized spacial score (nSPS) is 11.9. The van der Waals surface area contributed by atoms with E-state index in [1.807, 2.05) is 48.7 Å². The fraction of sp³-hybridized carbons (Fsp3) is 0.208. The summed E-state index contributed by atoms with van der Waals surface area (Å²) in [7, 11) is -3.86. The van der Waals surface area contributed by atoms with Crippen LogP contribution in [0.3, 0.4) is 0 Å². The van der Waals surface area contributed by atoms with Crippen LogP contribution in [-0.4, -0.2) is 34.8 Å². The summed E-state index contributed by atoms with van der Waals surface area (Å²) in [6, 6.07) is 19.1. The van der Waals surface area contributed by atoms with Gasteiger partial charge in [0.15, 0.2) is 5.65 Å². The second-order valence-corrected chi connectivity index (χ2v) is 10.5. The Morgan fingerprint density at radius 3 is 2.55 bits per heavy atom. The van der Waals surface area contributed by atoms with Crippen molar-refractivity contribution in [2.24, 2.45) is 0 Å². The van der Waals surface area contributed by atoms with E-state index in [9.17, 15) is 8.42 Å². The minimum atomic E-state index is -3.86. The van der Waals surface area contributed by atoms with Gasteiger partial charge in [0.25, 0.3) is 0 Å². The van der Waals surface area contributed by atoms with E-state index in [0.717, 1.165) is 35.0 Å². The number of nitrogens with one attached hydrogen (secondary N) is 1. The van der Waals surface area contributed by atoms with Crippen LogP contribution in [0, 0.1) is 0 Å². The quantitative estimate of drug-likeness (QED) is 0.324. The standard InChI is InChI=1S/C24H23N5O2S2/c1-2-17-10-12-19(13-11-17)33(30,31)24-23-26-22(21-20(14-16-32-21)29(23)28-27-24)25-15-6-9-18-7-4-3-5-8-18/h3-5,7-8,10-14,16H,2,6,9,15H2,1H3,(H,25,26). The van der Waals surface area contributed by atoms with Gasteiger partial charge in [-0.25, -0.2) is 13.4 Å². The number of hydrogen-bond acceptors (Lipinski definition) is 7. The van der Waals surface area contributed by atoms with E-state index in [4.69, 9.17) is 0 Å². The van der Waals surface area contributed by atoms with Crippen LogP contribution in [0.25, 0.3) is 15.9 Å². The van der Waals surface area contributed by atoms with Crippen LogP contribution >= 0.6 is 11.3 Å². The first-order chi connectivity index (χ1) is 16.1. The van der Waals surface area contributed by atoms with Gasteiger partial charge in [0, 0.05) is 6.54 Å². The summed E-state index contributed by atoms with van der Waals surface area (Å²) in [6.45, 7) is 2.74. The highest BCUT2D eigenvalue weighted by Gasteiger charge is 2.27. The van der Waals surface area contributed by atoms with Gasteiger partial charge in [-0.2, -0.15) is 4.52 Å². The number of fused-ring (bicyclic) bond motifs is 3. The fourth-order valence-electron chi connectivity index (χ4n) is 3.78. The summed E-state index contributed by atoms with van der Waals surface area (Å²) >= 11 is 1.54. The predicted octanol–water partition coefficient (Wildman–Crippen LogP) is 4.78. The highest BCUT2D eigenvalue weighted by atomic mass is 32.2. The number of sulfone groups is 1. The van der Waals surface area contributed by atoms with Crippen LogP contribution in [-0.2, 0) is 22.7 Å². The fourth-order valence-corrected chi connectivity index (χ4v) is 5.85. The maximum atomic E-state index is 13.3. The van der Waals surface area contributed by atoms with Gasteiger partial charge in [0.2, 0.25) is 14.9 Å². The Balaban J connectivity index is 1.47. The lowest BCUT2D eigenvalue weighted by Crippen LogP contribution is -2.08. The molecule has 0 unspecified atom stereocenters. The number of aryl methyl sites for hydroxylation is 2. The van der Waals surface area contributed by atoms with Crippen molar-refractivity contribution in [1.82, 2.24) is 19.8 Å². The number of thiophene rings is 1. The summed E-state index contributed by atoms with van der Waals surface area (Å²) < 4.78 is 29.1. The zero-order chi connectivity index (χ0) is 22.8. The van der Waals surface area contributed by atoms with Gasteiger partial charge in [0.1, 0.15) is 5.82 Å². The molecule has 3 aromatic heterocycles. The van der Waals surface area contributed by atoms with Crippen molar-refractivity contribution in [3.05, 3.63) is 77.2 Å². The summed E-state index contributed by atoms with van der Waals surface area (Å²) in [5, 5.41) is 13.4. The molecule has 9 heteroatoms. The Labute approximate surface area is 196 Å². The topological polar surface area (TPSA) is 89.2 Å². The molecule has 3 heterocycles. The summed E-state index contributed by atoms with van der Waals surface area (Å²) in [6.07, 6.45) is 2.72. The molecule has 5 rings (SSSR count). The van der Waals surface area contributed by atoms with Crippen LogP contribution in [0.1, 0.15) is 24.5 Å². The third kappa shape index (κ3) is 4.09. The molecule has 0 aliphatic rings. The predicted molar refractivity (Wildman–Crippen MR) is 131 cm³/mol. The molecule has 0 spiro atoms. The molecular formula is C24H23N5O2S2. The first-order valence-corrected chi connectivity index (χ1v) is 13.2. The minimum absolute atomic E-state index is 0.132. The molecule has 1 N–H and O–H groups in total. The van der Waals surface area contributed by atoms with Crippen LogP contribution < -0.4 is 5.32 Å². The number of benzene rings is 2. The average Bonchev–Trinajstić information content (AvgIpc) is 3.50. The van der Waals surface area contributed by atoms with Crippen molar-refractivity contribution < 1.29 is 8.42 Å². The lowest BCUT2D eigenvalue weighted by Gasteiger charge is -2.08. The van der Waals surface area contributed by atoms with Crippen molar-refractivity contribution in [1.29, 1.82) is 0 Å². The van der Waals surface area contributed by atoms with Gasteiger partial charge >= 0.3 is 0 Å². The zero-order valence-corrected chi connectivity index (χ0v) is 19.7. The molecule has 0 saturated carbocycles. The second kappa shape index (κ2) is 8.92. The molecule has 7 nitrogen and oxygen atoms in total. The Morgan fingerprint density at radius 2 is 1.79 bits per heavy atom. The number of aromatic nitrogens is 4. The molecule has 0 aliphatic carbocycles. The molecule has 2 aromatic carbocycles. The van der Waals surface area contributed by atoms with Gasteiger partial charge in [-0.3, -0.25) is 0 Å². The molecule has 0 saturated heterocycles. The van der Waals surface area contributed by atoms with Crippen LogP contribution in [0.15, 0.2) is 76.0 Å². The number of hydrogen-bond donors (Lipinski definition) is 1. The van der Waals surface area contributed by atoms with E-state index in [2.05, 4.69) is 32.7 Å². The summed E-state index contributed by atoms with van der Waals surface area (Å²) in [4.78, 5) is 4.85. The molecule has 168 valence electrons. The van der Waals surface area contributed by atoms with Gasteiger partial charge in [-0.1, -0.05) is 54.6 Å². The summed E-state index contributed by atoms with van der Waals surface area (Å²) in [5.74, 6) is 0.653. The lowest BCUT2D eigenvalue weighted by molar-refractivity contribution is 0.592. The molecule has 0 radical (unpaired) electrons. The van der Waals surface area contributed by atoms with E-state index in [1.165, 1.54) is 21.4 Å². The average molecular weight is 478 g/mol. The van der Waals surface area contributed by atoms with Crippen molar-refractivity contribution in [3.8, 4) is 0 Å². The number of nitrogens with zero attached hydrogens (tertiary/aromatic N) is 4. The molecule has 0 aliphatic heterocycles. The highest BCUT2D eigenvalue weighted by molar-refractivity contribution is 7.91. The van der Waals surface area contributed by atoms with E-state index in [1.54, 1.807) is 12.1 Å². The first kappa shape index (κ1) is 21.5. The maximum Gasteiger partial charge on any atom is 0.229 e. The lowest BCUT2D eigenvalue weighted by atomic mass is 10.1. The van der Waals surface area contributed by atoms with Crippen molar-refractivity contribution in [2.45, 2.75) is 36.1 Å². The highest BCUT2D eigenvalue weighted by Crippen LogP contribution is 2.31.